The lowest BCUT2D eigenvalue weighted by atomic mass is 10.1. The van der Waals surface area contributed by atoms with Gasteiger partial charge in [0.1, 0.15) is 0 Å². The second-order valence-corrected chi connectivity index (χ2v) is 5.51. The largest absolute Gasteiger partial charge is 0.352 e. The highest BCUT2D eigenvalue weighted by atomic mass is 16.1. The van der Waals surface area contributed by atoms with E-state index < -0.39 is 0 Å². The van der Waals surface area contributed by atoms with Crippen molar-refractivity contribution >= 4 is 16.9 Å². The normalized spacial score (nSPS) is 11.1. The van der Waals surface area contributed by atoms with E-state index in [0.29, 0.717) is 12.1 Å². The number of aryl methyl sites for hydroxylation is 2. The van der Waals surface area contributed by atoms with Crippen molar-refractivity contribution in [2.75, 3.05) is 27.2 Å². The van der Waals surface area contributed by atoms with Gasteiger partial charge in [-0.15, -0.1) is 0 Å². The molecule has 0 spiro atoms. The second-order valence-electron chi connectivity index (χ2n) is 5.51. The molecular weight excluding hydrogens is 264 g/mol. The maximum atomic E-state index is 12.1. The van der Waals surface area contributed by atoms with Crippen molar-refractivity contribution in [2.45, 2.75) is 20.3 Å². The van der Waals surface area contributed by atoms with Gasteiger partial charge in [-0.05, 0) is 59.1 Å². The zero-order chi connectivity index (χ0) is 15.4. The van der Waals surface area contributed by atoms with Crippen LogP contribution in [0.5, 0.6) is 0 Å². The minimum atomic E-state index is -0.0596. The Morgan fingerprint density at radius 1 is 1.14 bits per heavy atom. The van der Waals surface area contributed by atoms with E-state index in [1.165, 1.54) is 0 Å². The molecule has 0 aliphatic rings. The summed E-state index contributed by atoms with van der Waals surface area (Å²) >= 11 is 0. The van der Waals surface area contributed by atoms with Gasteiger partial charge in [-0.2, -0.15) is 0 Å². The first-order valence-electron chi connectivity index (χ1n) is 7.15. The summed E-state index contributed by atoms with van der Waals surface area (Å²) in [6, 6.07) is 5.45. The third-order valence-electron chi connectivity index (χ3n) is 3.41. The van der Waals surface area contributed by atoms with Crippen molar-refractivity contribution in [3.63, 3.8) is 0 Å². The minimum Gasteiger partial charge on any atom is -0.352 e. The van der Waals surface area contributed by atoms with Crippen LogP contribution in [0.4, 0.5) is 0 Å². The lowest BCUT2D eigenvalue weighted by Gasteiger charge is -2.10. The van der Waals surface area contributed by atoms with E-state index in [0.717, 1.165) is 35.4 Å². The van der Waals surface area contributed by atoms with Crippen LogP contribution in [0.2, 0.25) is 0 Å². The molecule has 0 unspecified atom stereocenters. The van der Waals surface area contributed by atoms with Crippen LogP contribution in [0, 0.1) is 13.8 Å². The van der Waals surface area contributed by atoms with Gasteiger partial charge in [0.25, 0.3) is 5.91 Å². The Balaban J connectivity index is 2.08. The Morgan fingerprint density at radius 3 is 2.48 bits per heavy atom. The average Bonchev–Trinajstić information content (AvgIpc) is 2.44. The first-order chi connectivity index (χ1) is 9.97. The lowest BCUT2D eigenvalue weighted by Crippen LogP contribution is -2.27. The molecule has 0 aliphatic heterocycles. The maximum absolute atomic E-state index is 12.1. The van der Waals surface area contributed by atoms with Crippen molar-refractivity contribution in [1.29, 1.82) is 0 Å². The molecular formula is C16H22N4O. The van der Waals surface area contributed by atoms with Crippen LogP contribution in [0.25, 0.3) is 11.0 Å². The number of amides is 1. The van der Waals surface area contributed by atoms with E-state index >= 15 is 0 Å². The fraction of sp³-hybridized carbons (Fsp3) is 0.438. The summed E-state index contributed by atoms with van der Waals surface area (Å²) in [6.45, 7) is 5.50. The Bertz CT molecular complexity index is 652. The van der Waals surface area contributed by atoms with E-state index in [-0.39, 0.29) is 5.91 Å². The molecule has 0 bridgehead atoms. The number of nitrogens with one attached hydrogen (secondary N) is 1. The molecule has 1 aromatic carbocycles. The van der Waals surface area contributed by atoms with Gasteiger partial charge >= 0.3 is 0 Å². The van der Waals surface area contributed by atoms with Gasteiger partial charge < -0.3 is 10.2 Å². The number of benzene rings is 1. The van der Waals surface area contributed by atoms with Crippen molar-refractivity contribution < 1.29 is 4.79 Å². The smallest absolute Gasteiger partial charge is 0.251 e. The number of hydrogen-bond acceptors (Lipinski definition) is 4. The number of nitrogens with zero attached hydrogens (tertiary/aromatic N) is 3. The summed E-state index contributed by atoms with van der Waals surface area (Å²) in [7, 11) is 4.04. The van der Waals surface area contributed by atoms with Crippen molar-refractivity contribution in [3.8, 4) is 0 Å². The summed E-state index contributed by atoms with van der Waals surface area (Å²) in [4.78, 5) is 23.2. The van der Waals surface area contributed by atoms with Gasteiger partial charge in [-0.25, -0.2) is 9.97 Å². The molecule has 2 aromatic rings. The van der Waals surface area contributed by atoms with Crippen molar-refractivity contribution in [3.05, 3.63) is 35.2 Å². The molecule has 1 aromatic heterocycles. The molecule has 2 rings (SSSR count). The molecule has 0 aliphatic carbocycles. The van der Waals surface area contributed by atoms with E-state index in [2.05, 4.69) is 20.2 Å². The topological polar surface area (TPSA) is 58.1 Å². The monoisotopic (exact) mass is 286 g/mol. The number of fused-ring (bicyclic) bond motifs is 1. The predicted molar refractivity (Wildman–Crippen MR) is 84.5 cm³/mol. The van der Waals surface area contributed by atoms with Crippen LogP contribution >= 0.6 is 0 Å². The van der Waals surface area contributed by atoms with E-state index in [1.807, 2.05) is 34.0 Å². The Labute approximate surface area is 125 Å². The molecule has 0 radical (unpaired) electrons. The summed E-state index contributed by atoms with van der Waals surface area (Å²) < 4.78 is 0. The quantitative estimate of drug-likeness (QED) is 0.853. The molecule has 0 saturated carbocycles. The summed E-state index contributed by atoms with van der Waals surface area (Å²) in [5.74, 6) is -0.0596. The van der Waals surface area contributed by atoms with Crippen LogP contribution in [-0.4, -0.2) is 48.0 Å². The molecule has 1 heterocycles. The number of aromatic nitrogens is 2. The highest BCUT2D eigenvalue weighted by Crippen LogP contribution is 2.14. The first-order valence-corrected chi connectivity index (χ1v) is 7.15. The zero-order valence-electron chi connectivity index (χ0n) is 13.1. The number of carbonyl (C=O) groups is 1. The molecule has 1 amide bonds. The van der Waals surface area contributed by atoms with Gasteiger partial charge in [-0.1, -0.05) is 0 Å². The SMILES string of the molecule is Cc1nc2ccc(C(=O)NCCCN(C)C)cc2nc1C. The molecule has 5 nitrogen and oxygen atoms in total. The minimum absolute atomic E-state index is 0.0596. The third-order valence-corrected chi connectivity index (χ3v) is 3.41. The standard InChI is InChI=1S/C16H22N4O/c1-11-12(2)19-15-10-13(6-7-14(15)18-11)16(21)17-8-5-9-20(3)4/h6-7,10H,5,8-9H2,1-4H3,(H,17,21). The third kappa shape index (κ3) is 3.98. The molecule has 21 heavy (non-hydrogen) atoms. The maximum Gasteiger partial charge on any atom is 0.251 e. The number of carbonyl (C=O) groups excluding carboxylic acids is 1. The van der Waals surface area contributed by atoms with Crippen LogP contribution in [0.1, 0.15) is 28.2 Å². The Kier molecular flexibility index (Phi) is 4.85. The lowest BCUT2D eigenvalue weighted by molar-refractivity contribution is 0.0952. The average molecular weight is 286 g/mol. The molecule has 5 heteroatoms. The van der Waals surface area contributed by atoms with Gasteiger partial charge in [0, 0.05) is 12.1 Å². The van der Waals surface area contributed by atoms with Crippen LogP contribution in [0.3, 0.4) is 0 Å². The van der Waals surface area contributed by atoms with Gasteiger partial charge in [0.2, 0.25) is 0 Å². The van der Waals surface area contributed by atoms with Crippen LogP contribution in [0.15, 0.2) is 18.2 Å². The Hall–Kier alpha value is -2.01. The second kappa shape index (κ2) is 6.63. The highest BCUT2D eigenvalue weighted by Gasteiger charge is 2.08. The molecule has 112 valence electrons. The van der Waals surface area contributed by atoms with Gasteiger partial charge in [0.05, 0.1) is 22.4 Å². The van der Waals surface area contributed by atoms with E-state index in [1.54, 1.807) is 12.1 Å². The van der Waals surface area contributed by atoms with E-state index in [9.17, 15) is 4.79 Å². The van der Waals surface area contributed by atoms with Gasteiger partial charge in [-0.3, -0.25) is 4.79 Å². The zero-order valence-corrected chi connectivity index (χ0v) is 13.1. The highest BCUT2D eigenvalue weighted by molar-refractivity contribution is 5.97. The summed E-state index contributed by atoms with van der Waals surface area (Å²) in [6.07, 6.45) is 0.935. The predicted octanol–water partition coefficient (Wildman–Crippen LogP) is 1.93. The Morgan fingerprint density at radius 2 is 1.81 bits per heavy atom. The van der Waals surface area contributed by atoms with Crippen LogP contribution in [-0.2, 0) is 0 Å². The fourth-order valence-corrected chi connectivity index (χ4v) is 2.07. The molecule has 0 fully saturated rings. The number of rotatable bonds is 5. The molecule has 0 saturated heterocycles. The van der Waals surface area contributed by atoms with Crippen LogP contribution < -0.4 is 5.32 Å². The summed E-state index contributed by atoms with van der Waals surface area (Å²) in [5.41, 5.74) is 4.03. The molecule has 0 atom stereocenters. The van der Waals surface area contributed by atoms with E-state index in [4.69, 9.17) is 0 Å². The fourth-order valence-electron chi connectivity index (χ4n) is 2.07. The summed E-state index contributed by atoms with van der Waals surface area (Å²) in [5, 5.41) is 2.93. The number of hydrogen-bond donors (Lipinski definition) is 1. The van der Waals surface area contributed by atoms with Crippen molar-refractivity contribution in [2.24, 2.45) is 0 Å². The van der Waals surface area contributed by atoms with Gasteiger partial charge in [0.15, 0.2) is 0 Å². The van der Waals surface area contributed by atoms with Crippen molar-refractivity contribution in [1.82, 2.24) is 20.2 Å². The first kappa shape index (κ1) is 15.4. The molecule has 1 N–H and O–H groups in total.